The van der Waals surface area contributed by atoms with Crippen LogP contribution < -0.4 is 9.64 Å². The third-order valence-corrected chi connectivity index (χ3v) is 5.37. The number of amides is 1. The van der Waals surface area contributed by atoms with Gasteiger partial charge in [0, 0.05) is 26.1 Å². The number of anilines is 1. The van der Waals surface area contributed by atoms with Crippen molar-refractivity contribution in [3.8, 4) is 5.75 Å². The Kier molecular flexibility index (Phi) is 5.23. The zero-order valence-corrected chi connectivity index (χ0v) is 15.3. The van der Waals surface area contributed by atoms with Crippen LogP contribution in [0.1, 0.15) is 31.7 Å². The van der Waals surface area contributed by atoms with E-state index in [1.165, 1.54) is 37.9 Å². The molecule has 0 bridgehead atoms. The van der Waals surface area contributed by atoms with Crippen molar-refractivity contribution in [2.45, 2.75) is 32.6 Å². The Balaban J connectivity index is 1.64. The average molecular weight is 414 g/mol. The molecule has 0 unspecified atom stereocenters. The maximum absolute atomic E-state index is 11.7. The van der Waals surface area contributed by atoms with Gasteiger partial charge in [-0.3, -0.25) is 9.69 Å². The number of piperidine rings is 1. The molecule has 120 valence electrons. The van der Waals surface area contributed by atoms with Crippen molar-refractivity contribution >= 4 is 34.2 Å². The van der Waals surface area contributed by atoms with E-state index >= 15 is 0 Å². The number of rotatable bonds is 4. The Morgan fingerprint density at radius 3 is 2.73 bits per heavy atom. The van der Waals surface area contributed by atoms with Crippen LogP contribution in [-0.4, -0.2) is 43.6 Å². The van der Waals surface area contributed by atoms with Crippen molar-refractivity contribution in [3.63, 3.8) is 0 Å². The highest BCUT2D eigenvalue weighted by molar-refractivity contribution is 14.1. The molecule has 1 saturated heterocycles. The lowest BCUT2D eigenvalue weighted by atomic mass is 10.1. The predicted molar refractivity (Wildman–Crippen MR) is 96.7 cm³/mol. The minimum Gasteiger partial charge on any atom is -0.491 e. The summed E-state index contributed by atoms with van der Waals surface area (Å²) in [7, 11) is 0. The second-order valence-electron chi connectivity index (χ2n) is 6.08. The van der Waals surface area contributed by atoms with Crippen molar-refractivity contribution in [2.75, 3.05) is 37.7 Å². The summed E-state index contributed by atoms with van der Waals surface area (Å²) in [6.45, 7) is 6.52. The molecule has 3 rings (SSSR count). The number of carbonyl (C=O) groups excluding carboxylic acids is 1. The van der Waals surface area contributed by atoms with Gasteiger partial charge in [-0.2, -0.15) is 0 Å². The fraction of sp³-hybridized carbons (Fsp3) is 0.588. The Morgan fingerprint density at radius 1 is 1.23 bits per heavy atom. The summed E-state index contributed by atoms with van der Waals surface area (Å²) in [6.07, 6.45) is 4.92. The van der Waals surface area contributed by atoms with Crippen LogP contribution in [0.5, 0.6) is 5.75 Å². The van der Waals surface area contributed by atoms with E-state index in [0.717, 1.165) is 41.1 Å². The lowest BCUT2D eigenvalue weighted by Gasteiger charge is -2.26. The van der Waals surface area contributed by atoms with Gasteiger partial charge in [-0.15, -0.1) is 0 Å². The van der Waals surface area contributed by atoms with Crippen molar-refractivity contribution in [3.05, 3.63) is 21.3 Å². The molecular weight excluding hydrogens is 391 g/mol. The molecule has 1 amide bonds. The highest BCUT2D eigenvalue weighted by atomic mass is 127. The lowest BCUT2D eigenvalue weighted by Crippen LogP contribution is -2.33. The Bertz CT molecular complexity index is 556. The summed E-state index contributed by atoms with van der Waals surface area (Å²) in [5, 5.41) is 0. The van der Waals surface area contributed by atoms with Gasteiger partial charge in [0.25, 0.3) is 0 Å². The number of fused-ring (bicyclic) bond motifs is 1. The van der Waals surface area contributed by atoms with Gasteiger partial charge in [-0.25, -0.2) is 0 Å². The number of hydrogen-bond donors (Lipinski definition) is 0. The molecule has 1 aromatic rings. The maximum atomic E-state index is 11.7. The van der Waals surface area contributed by atoms with Crippen LogP contribution in [0.3, 0.4) is 0 Å². The number of hydrogen-bond acceptors (Lipinski definition) is 3. The molecule has 0 atom stereocenters. The van der Waals surface area contributed by atoms with Crippen molar-refractivity contribution in [2.24, 2.45) is 0 Å². The zero-order chi connectivity index (χ0) is 15.5. The fourth-order valence-corrected chi connectivity index (χ4v) is 3.98. The van der Waals surface area contributed by atoms with Crippen LogP contribution in [0.2, 0.25) is 0 Å². The highest BCUT2D eigenvalue weighted by Crippen LogP contribution is 2.35. The molecule has 0 N–H and O–H groups in total. The molecule has 2 heterocycles. The van der Waals surface area contributed by atoms with Gasteiger partial charge in [0.15, 0.2) is 0 Å². The summed E-state index contributed by atoms with van der Waals surface area (Å²) in [6, 6.07) is 4.21. The van der Waals surface area contributed by atoms with E-state index in [2.05, 4.69) is 33.6 Å². The standard InChI is InChI=1S/C17H23IN2O2/c1-13(21)20-8-5-14-11-15(18)17(12-16(14)20)22-10-9-19-6-3-2-4-7-19/h11-12H,2-10H2,1H3. The first-order valence-electron chi connectivity index (χ1n) is 8.11. The summed E-state index contributed by atoms with van der Waals surface area (Å²) in [5.41, 5.74) is 2.28. The van der Waals surface area contributed by atoms with E-state index in [-0.39, 0.29) is 5.91 Å². The number of benzene rings is 1. The van der Waals surface area contributed by atoms with Crippen LogP contribution in [0, 0.1) is 3.57 Å². The molecule has 0 saturated carbocycles. The number of ether oxygens (including phenoxy) is 1. The largest absolute Gasteiger partial charge is 0.491 e. The first-order chi connectivity index (χ1) is 10.6. The number of halogens is 1. The summed E-state index contributed by atoms with van der Waals surface area (Å²) in [4.78, 5) is 16.0. The molecule has 22 heavy (non-hydrogen) atoms. The van der Waals surface area contributed by atoms with Crippen LogP contribution >= 0.6 is 22.6 Å². The molecule has 2 aliphatic rings. The quantitative estimate of drug-likeness (QED) is 0.711. The summed E-state index contributed by atoms with van der Waals surface area (Å²) < 4.78 is 7.14. The van der Waals surface area contributed by atoms with Crippen LogP contribution in [0.25, 0.3) is 0 Å². The van der Waals surface area contributed by atoms with E-state index in [1.54, 1.807) is 6.92 Å². The van der Waals surface area contributed by atoms with Gasteiger partial charge in [0.05, 0.1) is 9.26 Å². The number of likely N-dealkylation sites (tertiary alicyclic amines) is 1. The second kappa shape index (κ2) is 7.17. The van der Waals surface area contributed by atoms with Crippen molar-refractivity contribution < 1.29 is 9.53 Å². The second-order valence-corrected chi connectivity index (χ2v) is 7.24. The molecule has 1 aromatic carbocycles. The lowest BCUT2D eigenvalue weighted by molar-refractivity contribution is -0.116. The molecule has 1 fully saturated rings. The van der Waals surface area contributed by atoms with E-state index in [0.29, 0.717) is 0 Å². The van der Waals surface area contributed by atoms with Gasteiger partial charge in [0.2, 0.25) is 5.91 Å². The maximum Gasteiger partial charge on any atom is 0.223 e. The summed E-state index contributed by atoms with van der Waals surface area (Å²) >= 11 is 2.33. The topological polar surface area (TPSA) is 32.8 Å². The normalized spacial score (nSPS) is 18.4. The van der Waals surface area contributed by atoms with E-state index in [4.69, 9.17) is 4.74 Å². The smallest absolute Gasteiger partial charge is 0.223 e. The third kappa shape index (κ3) is 3.56. The first-order valence-corrected chi connectivity index (χ1v) is 9.19. The van der Waals surface area contributed by atoms with Crippen molar-refractivity contribution in [1.29, 1.82) is 0 Å². The summed E-state index contributed by atoms with van der Waals surface area (Å²) in [5.74, 6) is 1.02. The SMILES string of the molecule is CC(=O)N1CCc2cc(I)c(OCCN3CCCCC3)cc21. The van der Waals surface area contributed by atoms with E-state index in [1.807, 2.05) is 11.0 Å². The minimum absolute atomic E-state index is 0.110. The molecule has 0 aromatic heterocycles. The van der Waals surface area contributed by atoms with Gasteiger partial charge in [0.1, 0.15) is 12.4 Å². The third-order valence-electron chi connectivity index (χ3n) is 4.52. The number of carbonyl (C=O) groups is 1. The zero-order valence-electron chi connectivity index (χ0n) is 13.1. The molecule has 5 heteroatoms. The fourth-order valence-electron chi connectivity index (χ4n) is 3.29. The molecule has 0 spiro atoms. The monoisotopic (exact) mass is 414 g/mol. The Hall–Kier alpha value is -0.820. The van der Waals surface area contributed by atoms with Crippen LogP contribution in [0.4, 0.5) is 5.69 Å². The van der Waals surface area contributed by atoms with Gasteiger partial charge in [-0.1, -0.05) is 6.42 Å². The van der Waals surface area contributed by atoms with E-state index < -0.39 is 0 Å². The molecule has 2 aliphatic heterocycles. The molecular formula is C17H23IN2O2. The minimum atomic E-state index is 0.110. The van der Waals surface area contributed by atoms with Crippen molar-refractivity contribution in [1.82, 2.24) is 4.90 Å². The van der Waals surface area contributed by atoms with Crippen LogP contribution in [0.15, 0.2) is 12.1 Å². The predicted octanol–water partition coefficient (Wildman–Crippen LogP) is 3.06. The van der Waals surface area contributed by atoms with Crippen LogP contribution in [-0.2, 0) is 11.2 Å². The van der Waals surface area contributed by atoms with Gasteiger partial charge in [-0.05, 0) is 66.6 Å². The Morgan fingerprint density at radius 2 is 2.00 bits per heavy atom. The van der Waals surface area contributed by atoms with E-state index in [9.17, 15) is 4.79 Å². The average Bonchev–Trinajstić information content (AvgIpc) is 2.91. The highest BCUT2D eigenvalue weighted by Gasteiger charge is 2.24. The van der Waals surface area contributed by atoms with Gasteiger partial charge < -0.3 is 9.64 Å². The molecule has 0 radical (unpaired) electrons. The first kappa shape index (κ1) is 16.1. The Labute approximate surface area is 145 Å². The number of nitrogens with zero attached hydrogens (tertiary/aromatic N) is 2. The molecule has 4 nitrogen and oxygen atoms in total. The molecule has 0 aliphatic carbocycles. The van der Waals surface area contributed by atoms with Gasteiger partial charge >= 0.3 is 0 Å².